The van der Waals surface area contributed by atoms with E-state index in [1.54, 1.807) is 0 Å². The minimum absolute atomic E-state index is 0. The summed E-state index contributed by atoms with van der Waals surface area (Å²) in [5.41, 5.74) is 4.42. The second kappa shape index (κ2) is 8.60. The van der Waals surface area contributed by atoms with Crippen LogP contribution in [-0.4, -0.2) is 0 Å². The molecule has 0 aliphatic heterocycles. The fraction of sp³-hybridized carbons (Fsp3) is 0.444. The van der Waals surface area contributed by atoms with Crippen LogP contribution in [0.4, 0.5) is 0 Å². The molecule has 0 N–H and O–H groups in total. The molecule has 0 saturated heterocycles. The van der Waals surface area contributed by atoms with Crippen molar-refractivity contribution in [3.8, 4) is 0 Å². The van der Waals surface area contributed by atoms with Crippen LogP contribution in [0.5, 0.6) is 0 Å². The summed E-state index contributed by atoms with van der Waals surface area (Å²) in [6.45, 7) is 3.18. The van der Waals surface area contributed by atoms with E-state index < -0.39 is 0 Å². The van der Waals surface area contributed by atoms with E-state index in [4.69, 9.17) is 0 Å². The Balaban J connectivity index is 0.00000205. The smallest absolute Gasteiger partial charge is 0.208 e. The molecule has 6 rings (SSSR count). The van der Waals surface area contributed by atoms with E-state index in [-0.39, 0.29) is 17.0 Å². The summed E-state index contributed by atoms with van der Waals surface area (Å²) in [5, 5.41) is 0. The first-order chi connectivity index (χ1) is 13.7. The van der Waals surface area contributed by atoms with Gasteiger partial charge in [0.25, 0.3) is 0 Å². The third kappa shape index (κ3) is 4.43. The van der Waals surface area contributed by atoms with Crippen LogP contribution in [0.1, 0.15) is 55.3 Å². The van der Waals surface area contributed by atoms with Crippen LogP contribution in [0, 0.1) is 30.1 Å². The van der Waals surface area contributed by atoms with E-state index >= 15 is 0 Å². The molecule has 4 aliphatic carbocycles. The summed E-state index contributed by atoms with van der Waals surface area (Å²) in [7, 11) is 0. The Morgan fingerprint density at radius 3 is 2.21 bits per heavy atom. The van der Waals surface area contributed by atoms with Crippen molar-refractivity contribution in [2.24, 2.45) is 23.2 Å². The van der Waals surface area contributed by atoms with Gasteiger partial charge in [0.15, 0.2) is 12.7 Å². The number of hydrogen-bond donors (Lipinski definition) is 0. The summed E-state index contributed by atoms with van der Waals surface area (Å²) in [4.78, 5) is 0. The van der Waals surface area contributed by atoms with Gasteiger partial charge in [0, 0.05) is 17.7 Å². The highest BCUT2D eigenvalue weighted by molar-refractivity contribution is 5.67. The maximum Gasteiger partial charge on any atom is 0.208 e. The van der Waals surface area contributed by atoms with E-state index in [2.05, 4.69) is 84.5 Å². The predicted octanol–water partition coefficient (Wildman–Crippen LogP) is 3.23. The lowest BCUT2D eigenvalue weighted by atomic mass is 9.49. The third-order valence-electron chi connectivity index (χ3n) is 7.42. The Labute approximate surface area is 186 Å². The summed E-state index contributed by atoms with van der Waals surface area (Å²) in [6.07, 6.45) is 20.7. The molecule has 29 heavy (non-hydrogen) atoms. The molecule has 2 aromatic rings. The molecule has 0 radical (unpaired) electrons. The van der Waals surface area contributed by atoms with Crippen LogP contribution in [0.25, 0.3) is 12.2 Å². The van der Waals surface area contributed by atoms with Crippen molar-refractivity contribution in [1.82, 2.24) is 0 Å². The summed E-state index contributed by atoms with van der Waals surface area (Å²) in [5.74, 6) is 3.06. The number of allylic oxidation sites excluding steroid dienone is 2. The summed E-state index contributed by atoms with van der Waals surface area (Å²) < 4.78 is 2.39. The SMILES string of the molecule is Cc1ccc[n+](C/C=C/C23CC4CC(CC(C4)C2)C3)c1/C=C/c1ccccc1.[Br-]. The molecule has 152 valence electrons. The van der Waals surface area contributed by atoms with Crippen molar-refractivity contribution in [3.63, 3.8) is 0 Å². The predicted molar refractivity (Wildman–Crippen MR) is 116 cm³/mol. The Bertz CT molecular complexity index is 861. The maximum atomic E-state index is 2.62. The van der Waals surface area contributed by atoms with E-state index in [0.29, 0.717) is 5.41 Å². The van der Waals surface area contributed by atoms with Crippen molar-refractivity contribution < 1.29 is 21.5 Å². The van der Waals surface area contributed by atoms with Gasteiger partial charge in [0.2, 0.25) is 5.69 Å². The van der Waals surface area contributed by atoms with Crippen LogP contribution in [0.2, 0.25) is 0 Å². The standard InChI is InChI=1S/C27H32N.BrH/c1-21-7-5-13-28(26(21)11-10-22-8-3-2-4-9-22)14-6-12-27-18-23-15-24(19-27)17-25(16-23)20-27;/h2-13,23-25H,14-20H2,1H3;1H/q+1;/p-1/b11-10+,12-6+;. The highest BCUT2D eigenvalue weighted by Crippen LogP contribution is 2.60. The van der Waals surface area contributed by atoms with Gasteiger partial charge < -0.3 is 17.0 Å². The molecule has 1 aromatic heterocycles. The first-order valence-corrected chi connectivity index (χ1v) is 11.1. The first kappa shape index (κ1) is 20.6. The molecule has 1 nitrogen and oxygen atoms in total. The number of aryl methyl sites for hydroxylation is 1. The third-order valence-corrected chi connectivity index (χ3v) is 7.42. The molecule has 0 amide bonds. The molecule has 4 fully saturated rings. The molecule has 1 aromatic carbocycles. The van der Waals surface area contributed by atoms with Crippen LogP contribution < -0.4 is 21.5 Å². The lowest BCUT2D eigenvalue weighted by Crippen LogP contribution is -3.00. The number of benzene rings is 1. The lowest BCUT2D eigenvalue weighted by Gasteiger charge is -2.55. The first-order valence-electron chi connectivity index (χ1n) is 11.1. The number of halogens is 1. The van der Waals surface area contributed by atoms with Crippen LogP contribution in [0.15, 0.2) is 60.8 Å². The largest absolute Gasteiger partial charge is 1.00 e. The van der Waals surface area contributed by atoms with Gasteiger partial charge in [-0.3, -0.25) is 0 Å². The molecule has 0 unspecified atom stereocenters. The van der Waals surface area contributed by atoms with Crippen LogP contribution >= 0.6 is 0 Å². The molecule has 1 heterocycles. The van der Waals surface area contributed by atoms with Crippen molar-refractivity contribution in [1.29, 1.82) is 0 Å². The number of nitrogens with zero attached hydrogens (tertiary/aromatic N) is 1. The van der Waals surface area contributed by atoms with Crippen LogP contribution in [-0.2, 0) is 6.54 Å². The minimum atomic E-state index is 0. The minimum Gasteiger partial charge on any atom is -1.00 e. The lowest BCUT2D eigenvalue weighted by molar-refractivity contribution is -0.689. The zero-order valence-electron chi connectivity index (χ0n) is 17.4. The number of aromatic nitrogens is 1. The molecule has 2 heteroatoms. The molecule has 4 bridgehead atoms. The Morgan fingerprint density at radius 1 is 0.897 bits per heavy atom. The Morgan fingerprint density at radius 2 is 1.55 bits per heavy atom. The van der Waals surface area contributed by atoms with Crippen LogP contribution in [0.3, 0.4) is 0 Å². The zero-order valence-corrected chi connectivity index (χ0v) is 19.0. The molecular weight excluding hydrogens is 418 g/mol. The average Bonchev–Trinajstić information content (AvgIpc) is 2.67. The van der Waals surface area contributed by atoms with Gasteiger partial charge in [-0.25, -0.2) is 0 Å². The monoisotopic (exact) mass is 449 g/mol. The van der Waals surface area contributed by atoms with Gasteiger partial charge in [0.05, 0.1) is 0 Å². The zero-order chi connectivity index (χ0) is 19.0. The van der Waals surface area contributed by atoms with E-state index in [0.717, 1.165) is 24.3 Å². The second-order valence-electron chi connectivity index (χ2n) is 9.66. The van der Waals surface area contributed by atoms with Gasteiger partial charge in [-0.2, -0.15) is 4.57 Å². The van der Waals surface area contributed by atoms with E-state index in [1.165, 1.54) is 55.3 Å². The molecule has 0 atom stereocenters. The molecule has 4 aliphatic rings. The van der Waals surface area contributed by atoms with Crippen molar-refractivity contribution in [3.05, 3.63) is 77.6 Å². The fourth-order valence-electron chi connectivity index (χ4n) is 6.61. The van der Waals surface area contributed by atoms with Crippen molar-refractivity contribution in [2.45, 2.75) is 52.0 Å². The summed E-state index contributed by atoms with van der Waals surface area (Å²) in [6, 6.07) is 15.0. The summed E-state index contributed by atoms with van der Waals surface area (Å²) >= 11 is 0. The van der Waals surface area contributed by atoms with E-state index in [1.807, 2.05) is 0 Å². The number of pyridine rings is 1. The van der Waals surface area contributed by atoms with Gasteiger partial charge in [-0.05, 0) is 92.4 Å². The molecule has 0 spiro atoms. The molecular formula is C27H32BrN. The number of rotatable bonds is 5. The average molecular weight is 450 g/mol. The normalized spacial score (nSPS) is 30.2. The molecule has 4 saturated carbocycles. The fourth-order valence-corrected chi connectivity index (χ4v) is 6.61. The quantitative estimate of drug-likeness (QED) is 0.487. The Hall–Kier alpha value is -1.67. The van der Waals surface area contributed by atoms with Gasteiger partial charge in [0.1, 0.15) is 0 Å². The number of hydrogen-bond acceptors (Lipinski definition) is 0. The highest BCUT2D eigenvalue weighted by Gasteiger charge is 2.49. The van der Waals surface area contributed by atoms with Crippen molar-refractivity contribution in [2.75, 3.05) is 0 Å². The Kier molecular flexibility index (Phi) is 6.11. The maximum absolute atomic E-state index is 2.62. The van der Waals surface area contributed by atoms with E-state index in [9.17, 15) is 0 Å². The van der Waals surface area contributed by atoms with Gasteiger partial charge >= 0.3 is 0 Å². The highest BCUT2D eigenvalue weighted by atomic mass is 79.9. The van der Waals surface area contributed by atoms with Crippen molar-refractivity contribution >= 4 is 12.2 Å². The van der Waals surface area contributed by atoms with Gasteiger partial charge in [-0.15, -0.1) is 0 Å². The second-order valence-corrected chi connectivity index (χ2v) is 9.66. The van der Waals surface area contributed by atoms with Gasteiger partial charge in [-0.1, -0.05) is 36.4 Å². The topological polar surface area (TPSA) is 3.88 Å².